The highest BCUT2D eigenvalue weighted by Gasteiger charge is 2.25. The molecule has 1 amide bonds. The highest BCUT2D eigenvalue weighted by atomic mass is 35.5. The molecule has 1 fully saturated rings. The Hall–Kier alpha value is -2.06. The van der Waals surface area contributed by atoms with Crippen LogP contribution < -0.4 is 5.32 Å². The van der Waals surface area contributed by atoms with Gasteiger partial charge in [0, 0.05) is 12.2 Å². The van der Waals surface area contributed by atoms with Gasteiger partial charge in [-0.05, 0) is 54.9 Å². The van der Waals surface area contributed by atoms with Crippen molar-refractivity contribution in [3.63, 3.8) is 0 Å². The van der Waals surface area contributed by atoms with Crippen LogP contribution in [-0.4, -0.2) is 55.1 Å². The number of hydrogen-bond acceptors (Lipinski definition) is 6. The Morgan fingerprint density at radius 3 is 3.00 bits per heavy atom. The van der Waals surface area contributed by atoms with Crippen LogP contribution in [0.3, 0.4) is 0 Å². The minimum absolute atomic E-state index is 0. The molecule has 8 nitrogen and oxygen atoms in total. The molecule has 0 spiro atoms. The van der Waals surface area contributed by atoms with Crippen molar-refractivity contribution in [2.75, 3.05) is 13.1 Å². The standard InChI is InChI=1S/C15H21N7O.ClH/c23-15(11-21-12-18-19-20-21)22(10-13-4-1-2-8-17-13)14-5-3-7-16-9-6-14;/h1-2,4,8,12,14,16H,3,5-7,9-11H2;1H. The fraction of sp³-hybridized carbons (Fsp3) is 0.533. The lowest BCUT2D eigenvalue weighted by atomic mass is 10.1. The zero-order chi connectivity index (χ0) is 15.9. The topological polar surface area (TPSA) is 88.8 Å². The third-order valence-corrected chi connectivity index (χ3v) is 4.05. The number of pyridine rings is 1. The van der Waals surface area contributed by atoms with E-state index in [1.165, 1.54) is 11.0 Å². The smallest absolute Gasteiger partial charge is 0.245 e. The van der Waals surface area contributed by atoms with E-state index in [1.54, 1.807) is 6.20 Å². The lowest BCUT2D eigenvalue weighted by Crippen LogP contribution is -2.42. The van der Waals surface area contributed by atoms with Crippen molar-refractivity contribution in [1.82, 2.24) is 35.4 Å². The first kappa shape index (κ1) is 18.3. The van der Waals surface area contributed by atoms with Gasteiger partial charge in [-0.3, -0.25) is 9.78 Å². The Morgan fingerprint density at radius 1 is 1.33 bits per heavy atom. The molecule has 3 heterocycles. The zero-order valence-electron chi connectivity index (χ0n) is 13.4. The summed E-state index contributed by atoms with van der Waals surface area (Å²) in [7, 11) is 0. The Labute approximate surface area is 147 Å². The number of hydrogen-bond donors (Lipinski definition) is 1. The molecule has 24 heavy (non-hydrogen) atoms. The van der Waals surface area contributed by atoms with Crippen molar-refractivity contribution >= 4 is 18.3 Å². The van der Waals surface area contributed by atoms with E-state index >= 15 is 0 Å². The van der Waals surface area contributed by atoms with Gasteiger partial charge in [0.25, 0.3) is 0 Å². The summed E-state index contributed by atoms with van der Waals surface area (Å²) >= 11 is 0. The summed E-state index contributed by atoms with van der Waals surface area (Å²) in [5.74, 6) is 0.0230. The lowest BCUT2D eigenvalue weighted by molar-refractivity contribution is -0.135. The number of nitrogens with zero attached hydrogens (tertiary/aromatic N) is 6. The van der Waals surface area contributed by atoms with Gasteiger partial charge in [0.05, 0.1) is 12.2 Å². The van der Waals surface area contributed by atoms with Crippen molar-refractivity contribution in [1.29, 1.82) is 0 Å². The normalized spacial score (nSPS) is 17.6. The number of aromatic nitrogens is 5. The monoisotopic (exact) mass is 351 g/mol. The largest absolute Gasteiger partial charge is 0.332 e. The molecular weight excluding hydrogens is 330 g/mol. The summed E-state index contributed by atoms with van der Waals surface area (Å²) in [5.41, 5.74) is 0.898. The molecule has 9 heteroatoms. The van der Waals surface area contributed by atoms with Crippen LogP contribution >= 0.6 is 12.4 Å². The molecule has 2 aromatic rings. The number of halogens is 1. The van der Waals surface area contributed by atoms with Gasteiger partial charge in [0.2, 0.25) is 5.91 Å². The maximum Gasteiger partial charge on any atom is 0.245 e. The van der Waals surface area contributed by atoms with Gasteiger partial charge in [-0.2, -0.15) is 0 Å². The van der Waals surface area contributed by atoms with Gasteiger partial charge in [-0.1, -0.05) is 6.07 Å². The summed E-state index contributed by atoms with van der Waals surface area (Å²) in [6, 6.07) is 6.00. The molecule has 1 unspecified atom stereocenters. The van der Waals surface area contributed by atoms with Crippen molar-refractivity contribution in [3.05, 3.63) is 36.4 Å². The maximum absolute atomic E-state index is 12.8. The van der Waals surface area contributed by atoms with Gasteiger partial charge in [-0.15, -0.1) is 17.5 Å². The maximum atomic E-state index is 12.8. The van der Waals surface area contributed by atoms with Crippen molar-refractivity contribution < 1.29 is 4.79 Å². The van der Waals surface area contributed by atoms with Crippen LogP contribution in [0.5, 0.6) is 0 Å². The predicted octanol–water partition coefficient (Wildman–Crippen LogP) is 0.661. The van der Waals surface area contributed by atoms with Crippen LogP contribution in [0, 0.1) is 0 Å². The van der Waals surface area contributed by atoms with Gasteiger partial charge in [-0.25, -0.2) is 4.68 Å². The summed E-state index contributed by atoms with van der Waals surface area (Å²) < 4.78 is 1.46. The van der Waals surface area contributed by atoms with Gasteiger partial charge >= 0.3 is 0 Å². The molecule has 1 aliphatic heterocycles. The van der Waals surface area contributed by atoms with Crippen molar-refractivity contribution in [2.45, 2.75) is 38.4 Å². The number of nitrogens with one attached hydrogen (secondary N) is 1. The fourth-order valence-corrected chi connectivity index (χ4v) is 2.88. The van der Waals surface area contributed by atoms with Gasteiger partial charge in [0.1, 0.15) is 12.9 Å². The molecule has 0 saturated carbocycles. The van der Waals surface area contributed by atoms with E-state index in [2.05, 4.69) is 25.8 Å². The van der Waals surface area contributed by atoms with E-state index in [0.29, 0.717) is 6.54 Å². The van der Waals surface area contributed by atoms with Crippen LogP contribution in [0.15, 0.2) is 30.7 Å². The fourth-order valence-electron chi connectivity index (χ4n) is 2.88. The van der Waals surface area contributed by atoms with E-state index < -0.39 is 0 Å². The number of tetrazole rings is 1. The van der Waals surface area contributed by atoms with Crippen LogP contribution in [0.4, 0.5) is 0 Å². The molecule has 2 aromatic heterocycles. The third kappa shape index (κ3) is 4.97. The van der Waals surface area contributed by atoms with Crippen molar-refractivity contribution in [2.24, 2.45) is 0 Å². The second-order valence-electron chi connectivity index (χ2n) is 5.68. The Morgan fingerprint density at radius 2 is 2.25 bits per heavy atom. The van der Waals surface area contributed by atoms with Crippen molar-refractivity contribution in [3.8, 4) is 0 Å². The van der Waals surface area contributed by atoms with E-state index in [0.717, 1.165) is 38.0 Å². The number of rotatable bonds is 5. The van der Waals surface area contributed by atoms with E-state index in [1.807, 2.05) is 23.1 Å². The summed E-state index contributed by atoms with van der Waals surface area (Å²) in [4.78, 5) is 19.1. The molecule has 0 radical (unpaired) electrons. The molecule has 130 valence electrons. The molecule has 1 N–H and O–H groups in total. The predicted molar refractivity (Wildman–Crippen MR) is 90.4 cm³/mol. The third-order valence-electron chi connectivity index (χ3n) is 4.05. The molecule has 0 bridgehead atoms. The molecule has 0 aliphatic carbocycles. The molecule has 3 rings (SSSR count). The van der Waals surface area contributed by atoms with E-state index in [4.69, 9.17) is 0 Å². The summed E-state index contributed by atoms with van der Waals surface area (Å²) in [5, 5.41) is 14.3. The highest BCUT2D eigenvalue weighted by molar-refractivity contribution is 5.85. The minimum Gasteiger partial charge on any atom is -0.332 e. The van der Waals surface area contributed by atoms with Gasteiger partial charge in [0.15, 0.2) is 0 Å². The van der Waals surface area contributed by atoms with Crippen LogP contribution in [0.1, 0.15) is 25.0 Å². The highest BCUT2D eigenvalue weighted by Crippen LogP contribution is 2.17. The Kier molecular flexibility index (Phi) is 7.07. The molecule has 1 aliphatic rings. The molecule has 1 saturated heterocycles. The SMILES string of the molecule is Cl.O=C(Cn1cnnn1)N(Cc1ccccn1)C1CCCNCC1. The first-order valence-electron chi connectivity index (χ1n) is 7.94. The van der Waals surface area contributed by atoms with E-state index in [-0.39, 0.29) is 30.9 Å². The van der Waals surface area contributed by atoms with E-state index in [9.17, 15) is 4.79 Å². The average molecular weight is 352 g/mol. The Balaban J connectivity index is 0.00000208. The minimum atomic E-state index is 0. The summed E-state index contributed by atoms with van der Waals surface area (Å²) in [6.07, 6.45) is 6.25. The number of carbonyl (C=O) groups is 1. The first-order chi connectivity index (χ1) is 11.3. The zero-order valence-corrected chi connectivity index (χ0v) is 14.2. The quantitative estimate of drug-likeness (QED) is 0.851. The average Bonchev–Trinajstić information content (AvgIpc) is 2.93. The van der Waals surface area contributed by atoms with Crippen LogP contribution in [-0.2, 0) is 17.9 Å². The molecule has 1 atom stereocenters. The van der Waals surface area contributed by atoms with Gasteiger partial charge < -0.3 is 10.2 Å². The lowest BCUT2D eigenvalue weighted by Gasteiger charge is -2.31. The summed E-state index contributed by atoms with van der Waals surface area (Å²) in [6.45, 7) is 2.62. The molecule has 0 aromatic carbocycles. The second-order valence-corrected chi connectivity index (χ2v) is 5.68. The van der Waals surface area contributed by atoms with Crippen LogP contribution in [0.2, 0.25) is 0 Å². The first-order valence-corrected chi connectivity index (χ1v) is 7.94. The number of amides is 1. The molecular formula is C15H22ClN7O. The van der Waals surface area contributed by atoms with Crippen LogP contribution in [0.25, 0.3) is 0 Å². The Bertz CT molecular complexity index is 600. The number of carbonyl (C=O) groups excluding carboxylic acids is 1. The second kappa shape index (κ2) is 9.29.